The van der Waals surface area contributed by atoms with Crippen molar-refractivity contribution in [3.05, 3.63) is 0 Å². The van der Waals surface area contributed by atoms with Crippen LogP contribution in [0.3, 0.4) is 0 Å². The molecule has 0 spiro atoms. The van der Waals surface area contributed by atoms with Crippen LogP contribution in [0.2, 0.25) is 0 Å². The van der Waals surface area contributed by atoms with E-state index in [2.05, 4.69) is 10.6 Å². The van der Waals surface area contributed by atoms with Crippen molar-refractivity contribution in [3.8, 4) is 0 Å². The van der Waals surface area contributed by atoms with E-state index < -0.39 is 85.0 Å². The van der Waals surface area contributed by atoms with Crippen molar-refractivity contribution in [3.63, 3.8) is 0 Å². The Bertz CT molecular complexity index is 880. The van der Waals surface area contributed by atoms with Gasteiger partial charge in [0, 0.05) is 6.54 Å². The van der Waals surface area contributed by atoms with E-state index in [0.717, 1.165) is 0 Å². The fraction of sp³-hybridized carbons (Fsp3) is 0.556. The molecule has 0 rings (SSSR count). The molecule has 0 aromatic heterocycles. The van der Waals surface area contributed by atoms with Crippen LogP contribution in [0.4, 0.5) is 0 Å². The minimum Gasteiger partial charge on any atom is -0.481 e. The van der Waals surface area contributed by atoms with Crippen molar-refractivity contribution >= 4 is 47.5 Å². The van der Waals surface area contributed by atoms with E-state index in [0.29, 0.717) is 6.42 Å². The van der Waals surface area contributed by atoms with E-state index in [-0.39, 0.29) is 18.9 Å². The largest absolute Gasteiger partial charge is 0.481 e. The van der Waals surface area contributed by atoms with Gasteiger partial charge >= 0.3 is 17.9 Å². The van der Waals surface area contributed by atoms with Gasteiger partial charge in [-0.3, -0.25) is 34.2 Å². The van der Waals surface area contributed by atoms with Gasteiger partial charge in [0.05, 0.1) is 25.3 Å². The summed E-state index contributed by atoms with van der Waals surface area (Å²) in [6.07, 6.45) is -2.48. The smallest absolute Gasteiger partial charge is 0.326 e. The maximum Gasteiger partial charge on any atom is 0.326 e. The number of hydrogen-bond acceptors (Lipinski definition) is 9. The first-order chi connectivity index (χ1) is 16.6. The number of carboxylic acids is 3. The quantitative estimate of drug-likeness (QED) is 0.0488. The molecule has 4 amide bonds. The maximum absolute atomic E-state index is 12.6. The number of nitrogens with one attached hydrogen (secondary N) is 5. The Morgan fingerprint density at radius 2 is 1.17 bits per heavy atom. The van der Waals surface area contributed by atoms with Crippen LogP contribution in [0.25, 0.3) is 0 Å². The van der Waals surface area contributed by atoms with E-state index in [1.165, 1.54) is 0 Å². The lowest BCUT2D eigenvalue weighted by Crippen LogP contribution is -2.58. The minimum atomic E-state index is -1.90. The van der Waals surface area contributed by atoms with Gasteiger partial charge in [-0.15, -0.1) is 0 Å². The molecule has 18 nitrogen and oxygen atoms in total. The zero-order valence-electron chi connectivity index (χ0n) is 19.0. The third kappa shape index (κ3) is 13.3. The highest BCUT2D eigenvalue weighted by Gasteiger charge is 2.33. The van der Waals surface area contributed by atoms with Gasteiger partial charge in [0.15, 0.2) is 5.96 Å². The van der Waals surface area contributed by atoms with Gasteiger partial charge in [0.25, 0.3) is 0 Å². The van der Waals surface area contributed by atoms with Gasteiger partial charge in [-0.05, 0) is 12.8 Å². The average molecular weight is 518 g/mol. The second-order valence-corrected chi connectivity index (χ2v) is 7.48. The van der Waals surface area contributed by atoms with Crippen molar-refractivity contribution in [2.45, 2.75) is 56.3 Å². The summed E-state index contributed by atoms with van der Waals surface area (Å²) < 4.78 is 0. The van der Waals surface area contributed by atoms with E-state index >= 15 is 0 Å². The summed E-state index contributed by atoms with van der Waals surface area (Å²) in [5, 5.41) is 42.6. The number of carbonyl (C=O) groups is 7. The summed E-state index contributed by atoms with van der Waals surface area (Å²) in [5.74, 6) is -9.65. The SMILES string of the molecule is N=C(N)NCCC[C@H](N)C(=O)N[C@@H](CC(=O)O)C(=O)N[C@@H](CC(=O)O)C(=O)N[C@@H](CC(N)=O)C(=O)O. The highest BCUT2D eigenvalue weighted by molar-refractivity contribution is 5.97. The molecule has 14 N–H and O–H groups in total. The summed E-state index contributed by atoms with van der Waals surface area (Å²) >= 11 is 0. The number of aliphatic carboxylic acids is 3. The lowest BCUT2D eigenvalue weighted by Gasteiger charge is -2.23. The predicted molar refractivity (Wildman–Crippen MR) is 119 cm³/mol. The lowest BCUT2D eigenvalue weighted by molar-refractivity contribution is -0.145. The van der Waals surface area contributed by atoms with E-state index in [4.69, 9.17) is 37.9 Å². The highest BCUT2D eigenvalue weighted by Crippen LogP contribution is 2.02. The Morgan fingerprint density at radius 3 is 1.56 bits per heavy atom. The van der Waals surface area contributed by atoms with Crippen LogP contribution >= 0.6 is 0 Å². The second kappa shape index (κ2) is 15.4. The number of nitrogens with two attached hydrogens (primary N) is 3. The number of hydrogen-bond donors (Lipinski definition) is 11. The normalized spacial score (nSPS) is 13.7. The molecule has 18 heteroatoms. The Hall–Kier alpha value is -4.48. The van der Waals surface area contributed by atoms with E-state index in [1.807, 2.05) is 10.6 Å². The molecule has 36 heavy (non-hydrogen) atoms. The molecule has 0 saturated heterocycles. The Balaban J connectivity index is 5.43. The summed E-state index contributed by atoms with van der Waals surface area (Å²) in [6, 6.07) is -6.69. The van der Waals surface area contributed by atoms with E-state index in [1.54, 1.807) is 0 Å². The Labute approximate surface area is 203 Å². The monoisotopic (exact) mass is 518 g/mol. The van der Waals surface area contributed by atoms with Crippen LogP contribution in [0.15, 0.2) is 0 Å². The van der Waals surface area contributed by atoms with Crippen LogP contribution in [-0.4, -0.2) is 93.5 Å². The van der Waals surface area contributed by atoms with Gasteiger partial charge in [-0.1, -0.05) is 0 Å². The fourth-order valence-electron chi connectivity index (χ4n) is 2.67. The summed E-state index contributed by atoms with van der Waals surface area (Å²) in [5.41, 5.74) is 15.7. The molecule has 0 fully saturated rings. The van der Waals surface area contributed by atoms with Crippen molar-refractivity contribution in [2.24, 2.45) is 17.2 Å². The number of rotatable bonds is 17. The van der Waals surface area contributed by atoms with Gasteiger partial charge in [-0.25, -0.2) is 4.79 Å². The first-order valence-corrected chi connectivity index (χ1v) is 10.3. The van der Waals surface area contributed by atoms with Crippen molar-refractivity contribution in [1.82, 2.24) is 21.3 Å². The molecule has 0 aliphatic carbocycles. The topological polar surface area (TPSA) is 330 Å². The van der Waals surface area contributed by atoms with Gasteiger partial charge in [0.1, 0.15) is 18.1 Å². The van der Waals surface area contributed by atoms with Gasteiger partial charge in [-0.2, -0.15) is 0 Å². The van der Waals surface area contributed by atoms with Crippen molar-refractivity contribution in [2.75, 3.05) is 6.54 Å². The van der Waals surface area contributed by atoms with Gasteiger partial charge < -0.3 is 53.8 Å². The number of carbonyl (C=O) groups excluding carboxylic acids is 4. The summed E-state index contributed by atoms with van der Waals surface area (Å²) in [6.45, 7) is 0.217. The number of primary amides is 1. The molecule has 0 aliphatic rings. The summed E-state index contributed by atoms with van der Waals surface area (Å²) in [4.78, 5) is 81.9. The lowest BCUT2D eigenvalue weighted by atomic mass is 10.1. The molecule has 0 aromatic carbocycles. The third-order valence-electron chi connectivity index (χ3n) is 4.39. The standard InChI is InChI=1S/C18H30N8O10/c19-7(2-1-3-23-18(21)22)14(32)24-8(5-12(28)29)15(33)25-9(6-13(30)31)16(34)26-10(17(35)36)4-11(20)27/h7-10H,1-6,19H2,(H2,20,27)(H,24,32)(H,25,33)(H,26,34)(H,28,29)(H,30,31)(H,35,36)(H4,21,22,23)/t7-,8-,9-,10-/m0/s1. The van der Waals surface area contributed by atoms with E-state index in [9.17, 15) is 33.6 Å². The number of guanidine groups is 1. The van der Waals surface area contributed by atoms with Crippen LogP contribution in [0, 0.1) is 5.41 Å². The third-order valence-corrected chi connectivity index (χ3v) is 4.39. The molecule has 0 saturated carbocycles. The molecule has 0 bridgehead atoms. The fourth-order valence-corrected chi connectivity index (χ4v) is 2.67. The molecule has 202 valence electrons. The number of carboxylic acid groups (broad SMARTS) is 3. The molecule has 0 unspecified atom stereocenters. The Morgan fingerprint density at radius 1 is 0.722 bits per heavy atom. The molecule has 0 heterocycles. The van der Waals surface area contributed by atoms with Crippen LogP contribution < -0.4 is 38.5 Å². The molecular formula is C18H30N8O10. The van der Waals surface area contributed by atoms with Crippen molar-refractivity contribution < 1.29 is 48.9 Å². The minimum absolute atomic E-state index is 0.0635. The zero-order valence-corrected chi connectivity index (χ0v) is 19.0. The van der Waals surface area contributed by atoms with Crippen LogP contribution in [0.5, 0.6) is 0 Å². The number of amides is 4. The Kier molecular flexibility index (Phi) is 13.5. The first kappa shape index (κ1) is 31.5. The zero-order chi connectivity index (χ0) is 28.0. The first-order valence-electron chi connectivity index (χ1n) is 10.3. The molecule has 4 atom stereocenters. The second-order valence-electron chi connectivity index (χ2n) is 7.48. The average Bonchev–Trinajstić information content (AvgIpc) is 2.73. The molecule has 0 aromatic rings. The molecular weight excluding hydrogens is 488 g/mol. The highest BCUT2D eigenvalue weighted by atomic mass is 16.4. The van der Waals surface area contributed by atoms with Gasteiger partial charge in [0.2, 0.25) is 23.6 Å². The van der Waals surface area contributed by atoms with Crippen LogP contribution in [-0.2, 0) is 33.6 Å². The van der Waals surface area contributed by atoms with Crippen LogP contribution in [0.1, 0.15) is 32.1 Å². The predicted octanol–water partition coefficient (Wildman–Crippen LogP) is -5.06. The van der Waals surface area contributed by atoms with Crippen molar-refractivity contribution in [1.29, 1.82) is 5.41 Å². The summed E-state index contributed by atoms with van der Waals surface area (Å²) in [7, 11) is 0. The maximum atomic E-state index is 12.6. The molecule has 0 radical (unpaired) electrons. The molecule has 0 aliphatic heterocycles.